The van der Waals surface area contributed by atoms with E-state index in [2.05, 4.69) is 5.10 Å². The Morgan fingerprint density at radius 1 is 1.12 bits per heavy atom. The molecule has 33 heavy (non-hydrogen) atoms. The van der Waals surface area contributed by atoms with Gasteiger partial charge in [-0.05, 0) is 48.1 Å². The quantitative estimate of drug-likeness (QED) is 0.475. The lowest BCUT2D eigenvalue weighted by atomic mass is 9.97. The number of pyridine rings is 1. The summed E-state index contributed by atoms with van der Waals surface area (Å²) in [5.41, 5.74) is -0.928. The number of hydrogen-bond acceptors (Lipinski definition) is 4. The maximum atomic E-state index is 15.2. The lowest BCUT2D eigenvalue weighted by molar-refractivity contribution is 0.264. The monoisotopic (exact) mass is 474 g/mol. The molecule has 2 aromatic heterocycles. The Morgan fingerprint density at radius 2 is 1.85 bits per heavy atom. The molecule has 4 rings (SSSR count). The first-order chi connectivity index (χ1) is 15.7. The molecule has 7 nitrogen and oxygen atoms in total. The van der Waals surface area contributed by atoms with Crippen LogP contribution in [0.4, 0.5) is 8.78 Å². The molecule has 172 valence electrons. The van der Waals surface area contributed by atoms with E-state index in [-0.39, 0.29) is 40.1 Å². The van der Waals surface area contributed by atoms with Crippen molar-refractivity contribution in [3.63, 3.8) is 0 Å². The van der Waals surface area contributed by atoms with Gasteiger partial charge in [0.1, 0.15) is 29.6 Å². The van der Waals surface area contributed by atoms with Gasteiger partial charge in [-0.25, -0.2) is 13.6 Å². The Hall–Kier alpha value is -3.30. The van der Waals surface area contributed by atoms with Crippen LogP contribution in [0.1, 0.15) is 38.1 Å². The second kappa shape index (κ2) is 8.57. The summed E-state index contributed by atoms with van der Waals surface area (Å²) in [4.78, 5) is 26.0. The molecule has 0 bridgehead atoms. The Bertz CT molecular complexity index is 1480. The van der Waals surface area contributed by atoms with E-state index in [1.165, 1.54) is 35.0 Å². The molecule has 0 radical (unpaired) electrons. The highest BCUT2D eigenvalue weighted by Gasteiger charge is 2.21. The Morgan fingerprint density at radius 3 is 2.42 bits per heavy atom. The largest absolute Gasteiger partial charge is 0.388 e. The number of aliphatic hydroxyl groups is 1. The maximum Gasteiger partial charge on any atom is 0.350 e. The molecule has 10 heteroatoms. The normalized spacial score (nSPS) is 11.6. The van der Waals surface area contributed by atoms with Crippen LogP contribution in [0.2, 0.25) is 5.02 Å². The standard InChI is InChI=1S/C23H21ClF2N4O3/c1-4-28-20(11-31)27-30(23(28)33)19-9-13-14(8-18(19)26)22(32)29(10-15(13)12(2)3)21-16(24)6-5-7-17(21)25/h5-10,12,31H,4,11H2,1-3H3. The fraction of sp³-hybridized carbons (Fsp3) is 0.261. The molecule has 0 saturated heterocycles. The van der Waals surface area contributed by atoms with Crippen LogP contribution in [-0.2, 0) is 13.2 Å². The van der Waals surface area contributed by atoms with Crippen LogP contribution in [0, 0.1) is 11.6 Å². The number of halogens is 3. The van der Waals surface area contributed by atoms with Crippen LogP contribution >= 0.6 is 11.6 Å². The van der Waals surface area contributed by atoms with Gasteiger partial charge in [-0.3, -0.25) is 13.9 Å². The molecule has 2 heterocycles. The highest BCUT2D eigenvalue weighted by molar-refractivity contribution is 6.32. The second-order valence-electron chi connectivity index (χ2n) is 7.85. The van der Waals surface area contributed by atoms with E-state index in [1.54, 1.807) is 6.92 Å². The smallest absolute Gasteiger partial charge is 0.350 e. The molecule has 2 aromatic carbocycles. The lowest BCUT2D eigenvalue weighted by Gasteiger charge is -2.17. The van der Waals surface area contributed by atoms with Gasteiger partial charge in [0, 0.05) is 12.7 Å². The number of aliphatic hydroxyl groups excluding tert-OH is 1. The fourth-order valence-corrected chi connectivity index (χ4v) is 4.16. The van der Waals surface area contributed by atoms with Gasteiger partial charge in [0.25, 0.3) is 5.56 Å². The molecule has 0 fully saturated rings. The van der Waals surface area contributed by atoms with Crippen molar-refractivity contribution < 1.29 is 13.9 Å². The summed E-state index contributed by atoms with van der Waals surface area (Å²) in [7, 11) is 0. The van der Waals surface area contributed by atoms with Gasteiger partial charge >= 0.3 is 5.69 Å². The number of hydrogen-bond donors (Lipinski definition) is 1. The van der Waals surface area contributed by atoms with Gasteiger partial charge < -0.3 is 5.11 Å². The summed E-state index contributed by atoms with van der Waals surface area (Å²) in [5.74, 6) is -1.60. The van der Waals surface area contributed by atoms with E-state index < -0.39 is 29.5 Å². The van der Waals surface area contributed by atoms with E-state index in [1.807, 2.05) is 13.8 Å². The maximum absolute atomic E-state index is 15.2. The van der Waals surface area contributed by atoms with Crippen molar-refractivity contribution in [2.45, 2.75) is 39.8 Å². The first-order valence-corrected chi connectivity index (χ1v) is 10.7. The zero-order chi connectivity index (χ0) is 24.0. The van der Waals surface area contributed by atoms with Crippen molar-refractivity contribution in [2.24, 2.45) is 0 Å². The molecule has 0 atom stereocenters. The average Bonchev–Trinajstić information content (AvgIpc) is 3.10. The summed E-state index contributed by atoms with van der Waals surface area (Å²) in [6, 6.07) is 6.47. The third kappa shape index (κ3) is 3.67. The minimum Gasteiger partial charge on any atom is -0.388 e. The number of aromatic nitrogens is 4. The van der Waals surface area contributed by atoms with Crippen molar-refractivity contribution in [2.75, 3.05) is 0 Å². The Balaban J connectivity index is 2.08. The summed E-state index contributed by atoms with van der Waals surface area (Å²) < 4.78 is 33.0. The van der Waals surface area contributed by atoms with Gasteiger partial charge in [0.05, 0.1) is 10.4 Å². The summed E-state index contributed by atoms with van der Waals surface area (Å²) >= 11 is 6.17. The predicted octanol–water partition coefficient (Wildman–Crippen LogP) is 3.91. The van der Waals surface area contributed by atoms with Gasteiger partial charge in [0.15, 0.2) is 5.82 Å². The first-order valence-electron chi connectivity index (χ1n) is 10.3. The Kier molecular flexibility index (Phi) is 5.94. The molecule has 0 spiro atoms. The molecule has 1 N–H and O–H groups in total. The average molecular weight is 475 g/mol. The van der Waals surface area contributed by atoms with Crippen LogP contribution in [0.25, 0.3) is 22.1 Å². The minimum atomic E-state index is -0.862. The highest BCUT2D eigenvalue weighted by Crippen LogP contribution is 2.30. The van der Waals surface area contributed by atoms with Crippen LogP contribution in [0.3, 0.4) is 0 Å². The first kappa shape index (κ1) is 22.9. The van der Waals surface area contributed by atoms with Crippen LogP contribution in [0.5, 0.6) is 0 Å². The SMILES string of the molecule is CCn1c(CO)nn(-c2cc3c(C(C)C)cn(-c4c(F)cccc4Cl)c(=O)c3cc2F)c1=O. The van der Waals surface area contributed by atoms with Crippen LogP contribution in [0.15, 0.2) is 46.1 Å². The van der Waals surface area contributed by atoms with E-state index >= 15 is 4.39 Å². The number of nitrogens with zero attached hydrogens (tertiary/aromatic N) is 4. The molecule has 0 aliphatic rings. The van der Waals surface area contributed by atoms with E-state index in [0.717, 1.165) is 15.3 Å². The van der Waals surface area contributed by atoms with E-state index in [9.17, 15) is 19.1 Å². The molecular formula is C23H21ClF2N4O3. The lowest BCUT2D eigenvalue weighted by Crippen LogP contribution is -2.25. The Labute approximate surface area is 192 Å². The molecule has 0 aliphatic carbocycles. The van der Waals surface area contributed by atoms with Gasteiger partial charge in [-0.1, -0.05) is 31.5 Å². The van der Waals surface area contributed by atoms with Crippen molar-refractivity contribution >= 4 is 22.4 Å². The number of para-hydroxylation sites is 1. The fourth-order valence-electron chi connectivity index (χ4n) is 3.91. The van der Waals surface area contributed by atoms with Crippen molar-refractivity contribution in [3.8, 4) is 11.4 Å². The zero-order valence-electron chi connectivity index (χ0n) is 18.1. The number of rotatable bonds is 5. The van der Waals surface area contributed by atoms with Gasteiger partial charge in [-0.2, -0.15) is 4.68 Å². The van der Waals surface area contributed by atoms with Gasteiger partial charge in [0.2, 0.25) is 0 Å². The van der Waals surface area contributed by atoms with Crippen molar-refractivity contribution in [3.05, 3.63) is 85.4 Å². The second-order valence-corrected chi connectivity index (χ2v) is 8.25. The van der Waals surface area contributed by atoms with Crippen LogP contribution < -0.4 is 11.2 Å². The third-order valence-electron chi connectivity index (χ3n) is 5.54. The third-order valence-corrected chi connectivity index (χ3v) is 5.85. The predicted molar refractivity (Wildman–Crippen MR) is 122 cm³/mol. The topological polar surface area (TPSA) is 82.0 Å². The summed E-state index contributed by atoms with van der Waals surface area (Å²) in [5, 5.41) is 14.0. The number of benzene rings is 2. The van der Waals surface area contributed by atoms with Crippen molar-refractivity contribution in [1.29, 1.82) is 0 Å². The van der Waals surface area contributed by atoms with E-state index in [4.69, 9.17) is 11.6 Å². The summed E-state index contributed by atoms with van der Waals surface area (Å²) in [6.45, 7) is 5.21. The van der Waals surface area contributed by atoms with E-state index in [0.29, 0.717) is 10.9 Å². The minimum absolute atomic E-state index is 0.00660. The summed E-state index contributed by atoms with van der Waals surface area (Å²) in [6.07, 6.45) is 1.48. The molecule has 4 aromatic rings. The molecule has 0 amide bonds. The molecule has 0 aliphatic heterocycles. The zero-order valence-corrected chi connectivity index (χ0v) is 18.9. The highest BCUT2D eigenvalue weighted by atomic mass is 35.5. The number of fused-ring (bicyclic) bond motifs is 1. The molecule has 0 unspecified atom stereocenters. The van der Waals surface area contributed by atoms with Crippen molar-refractivity contribution in [1.82, 2.24) is 18.9 Å². The van der Waals surface area contributed by atoms with Crippen LogP contribution in [-0.4, -0.2) is 24.0 Å². The van der Waals surface area contributed by atoms with Gasteiger partial charge in [-0.15, -0.1) is 5.10 Å². The molecule has 0 saturated carbocycles. The molecular weight excluding hydrogens is 454 g/mol.